The standard InChI is InChI=1S/C15H22FNO/c1-12(2)11-17-10-5-4-7-13-8-6-9-14(18-3)15(13)16/h4,6-9,12,17H,5,10-11H2,1-3H3/b7-4+. The van der Waals surface area contributed by atoms with Crippen LogP contribution in [-0.2, 0) is 0 Å². The molecule has 1 rings (SSSR count). The second-order valence-corrected chi connectivity index (χ2v) is 4.65. The summed E-state index contributed by atoms with van der Waals surface area (Å²) in [4.78, 5) is 0. The van der Waals surface area contributed by atoms with Gasteiger partial charge in [0.05, 0.1) is 7.11 Å². The van der Waals surface area contributed by atoms with E-state index in [0.29, 0.717) is 11.5 Å². The number of benzene rings is 1. The van der Waals surface area contributed by atoms with Crippen LogP contribution in [0.15, 0.2) is 24.3 Å². The number of hydrogen-bond donors (Lipinski definition) is 1. The highest BCUT2D eigenvalue weighted by Gasteiger charge is 2.04. The Morgan fingerprint density at radius 2 is 2.17 bits per heavy atom. The molecule has 18 heavy (non-hydrogen) atoms. The van der Waals surface area contributed by atoms with Crippen LogP contribution >= 0.6 is 0 Å². The van der Waals surface area contributed by atoms with Crippen LogP contribution in [0.1, 0.15) is 25.8 Å². The third-order valence-corrected chi connectivity index (χ3v) is 2.55. The zero-order valence-electron chi connectivity index (χ0n) is 11.4. The van der Waals surface area contributed by atoms with Crippen molar-refractivity contribution in [3.63, 3.8) is 0 Å². The molecule has 0 saturated heterocycles. The Hall–Kier alpha value is -1.35. The van der Waals surface area contributed by atoms with Crippen molar-refractivity contribution in [2.75, 3.05) is 20.2 Å². The fraction of sp³-hybridized carbons (Fsp3) is 0.467. The van der Waals surface area contributed by atoms with Gasteiger partial charge < -0.3 is 10.1 Å². The van der Waals surface area contributed by atoms with E-state index >= 15 is 0 Å². The lowest BCUT2D eigenvalue weighted by Gasteiger charge is -2.05. The molecule has 1 N–H and O–H groups in total. The summed E-state index contributed by atoms with van der Waals surface area (Å²) in [5, 5.41) is 3.34. The molecule has 1 aromatic rings. The number of hydrogen-bond acceptors (Lipinski definition) is 2. The summed E-state index contributed by atoms with van der Waals surface area (Å²) in [7, 11) is 1.47. The molecule has 0 radical (unpaired) electrons. The lowest BCUT2D eigenvalue weighted by Crippen LogP contribution is -2.20. The molecule has 0 heterocycles. The van der Waals surface area contributed by atoms with E-state index in [1.807, 2.05) is 6.08 Å². The predicted molar refractivity (Wildman–Crippen MR) is 74.3 cm³/mol. The number of nitrogens with one attached hydrogen (secondary N) is 1. The Labute approximate surface area is 109 Å². The van der Waals surface area contributed by atoms with Crippen molar-refractivity contribution in [1.82, 2.24) is 5.32 Å². The predicted octanol–water partition coefficient (Wildman–Crippen LogP) is 3.48. The average Bonchev–Trinajstić information content (AvgIpc) is 2.35. The van der Waals surface area contributed by atoms with Gasteiger partial charge in [-0.05, 0) is 31.5 Å². The van der Waals surface area contributed by atoms with Crippen LogP contribution in [0.2, 0.25) is 0 Å². The van der Waals surface area contributed by atoms with Crippen molar-refractivity contribution in [2.45, 2.75) is 20.3 Å². The number of rotatable bonds is 7. The maximum atomic E-state index is 13.8. The molecule has 0 aliphatic rings. The first kappa shape index (κ1) is 14.7. The van der Waals surface area contributed by atoms with Crippen LogP contribution < -0.4 is 10.1 Å². The van der Waals surface area contributed by atoms with E-state index in [0.717, 1.165) is 19.5 Å². The molecule has 0 spiro atoms. The van der Waals surface area contributed by atoms with E-state index in [-0.39, 0.29) is 11.6 Å². The minimum absolute atomic E-state index is 0.287. The molecule has 0 unspecified atom stereocenters. The first-order valence-corrected chi connectivity index (χ1v) is 6.35. The summed E-state index contributed by atoms with van der Waals surface area (Å²) < 4.78 is 18.7. The Morgan fingerprint density at radius 3 is 2.83 bits per heavy atom. The maximum absolute atomic E-state index is 13.8. The van der Waals surface area contributed by atoms with Gasteiger partial charge in [0.15, 0.2) is 11.6 Å². The monoisotopic (exact) mass is 251 g/mol. The van der Waals surface area contributed by atoms with Crippen molar-refractivity contribution in [2.24, 2.45) is 5.92 Å². The smallest absolute Gasteiger partial charge is 0.172 e. The average molecular weight is 251 g/mol. The molecule has 100 valence electrons. The third kappa shape index (κ3) is 4.88. The lowest BCUT2D eigenvalue weighted by molar-refractivity contribution is 0.386. The summed E-state index contributed by atoms with van der Waals surface area (Å²) in [6.07, 6.45) is 4.67. The van der Waals surface area contributed by atoms with E-state index in [2.05, 4.69) is 19.2 Å². The molecule has 0 aliphatic heterocycles. The second-order valence-electron chi connectivity index (χ2n) is 4.65. The Morgan fingerprint density at radius 1 is 1.39 bits per heavy atom. The quantitative estimate of drug-likeness (QED) is 0.749. The summed E-state index contributed by atoms with van der Waals surface area (Å²) >= 11 is 0. The second kappa shape index (κ2) is 7.88. The molecule has 0 aliphatic carbocycles. The molecule has 0 amide bonds. The SMILES string of the molecule is COc1cccc(/C=C/CCNCC(C)C)c1F. The first-order chi connectivity index (χ1) is 8.65. The molecule has 3 heteroatoms. The van der Waals surface area contributed by atoms with Gasteiger partial charge in [-0.2, -0.15) is 0 Å². The van der Waals surface area contributed by atoms with Gasteiger partial charge in [-0.1, -0.05) is 38.1 Å². The largest absolute Gasteiger partial charge is 0.494 e. The maximum Gasteiger partial charge on any atom is 0.172 e. The van der Waals surface area contributed by atoms with E-state index < -0.39 is 0 Å². The zero-order chi connectivity index (χ0) is 13.4. The minimum atomic E-state index is -0.300. The normalized spacial score (nSPS) is 11.4. The molecule has 1 aromatic carbocycles. The molecular weight excluding hydrogens is 229 g/mol. The summed E-state index contributed by atoms with van der Waals surface area (Å²) in [5.74, 6) is 0.645. The van der Waals surface area contributed by atoms with Crippen molar-refractivity contribution in [1.29, 1.82) is 0 Å². The Bertz CT molecular complexity index is 388. The number of methoxy groups -OCH3 is 1. The van der Waals surface area contributed by atoms with E-state index in [4.69, 9.17) is 4.74 Å². The molecular formula is C15H22FNO. The highest BCUT2D eigenvalue weighted by molar-refractivity contribution is 5.52. The van der Waals surface area contributed by atoms with E-state index in [9.17, 15) is 4.39 Å². The lowest BCUT2D eigenvalue weighted by atomic mass is 10.1. The van der Waals surface area contributed by atoms with Crippen LogP contribution in [0, 0.1) is 11.7 Å². The molecule has 0 atom stereocenters. The van der Waals surface area contributed by atoms with Crippen molar-refractivity contribution in [3.05, 3.63) is 35.7 Å². The fourth-order valence-corrected chi connectivity index (χ4v) is 1.60. The molecule has 0 bridgehead atoms. The van der Waals surface area contributed by atoms with Gasteiger partial charge in [0.1, 0.15) is 0 Å². The van der Waals surface area contributed by atoms with E-state index in [1.165, 1.54) is 7.11 Å². The van der Waals surface area contributed by atoms with Crippen LogP contribution in [0.3, 0.4) is 0 Å². The van der Waals surface area contributed by atoms with Crippen molar-refractivity contribution < 1.29 is 9.13 Å². The highest BCUT2D eigenvalue weighted by atomic mass is 19.1. The molecule has 0 fully saturated rings. The van der Waals surface area contributed by atoms with Gasteiger partial charge in [0.25, 0.3) is 0 Å². The highest BCUT2D eigenvalue weighted by Crippen LogP contribution is 2.20. The van der Waals surface area contributed by atoms with Gasteiger partial charge in [0.2, 0.25) is 0 Å². The van der Waals surface area contributed by atoms with Crippen LogP contribution in [0.5, 0.6) is 5.75 Å². The van der Waals surface area contributed by atoms with Gasteiger partial charge in [0, 0.05) is 5.56 Å². The van der Waals surface area contributed by atoms with Crippen LogP contribution in [0.4, 0.5) is 4.39 Å². The van der Waals surface area contributed by atoms with Gasteiger partial charge in [-0.15, -0.1) is 0 Å². The Kier molecular flexibility index (Phi) is 6.44. The fourth-order valence-electron chi connectivity index (χ4n) is 1.60. The van der Waals surface area contributed by atoms with Gasteiger partial charge in [-0.25, -0.2) is 4.39 Å². The van der Waals surface area contributed by atoms with Gasteiger partial charge >= 0.3 is 0 Å². The summed E-state index contributed by atoms with van der Waals surface area (Å²) in [5.41, 5.74) is 0.568. The number of halogens is 1. The Balaban J connectivity index is 2.42. The van der Waals surface area contributed by atoms with E-state index in [1.54, 1.807) is 24.3 Å². The third-order valence-electron chi connectivity index (χ3n) is 2.55. The van der Waals surface area contributed by atoms with Crippen molar-refractivity contribution >= 4 is 6.08 Å². The minimum Gasteiger partial charge on any atom is -0.494 e. The summed E-state index contributed by atoms with van der Waals surface area (Å²) in [6.45, 7) is 6.28. The number of ether oxygens (including phenoxy) is 1. The molecule has 0 saturated carbocycles. The first-order valence-electron chi connectivity index (χ1n) is 6.35. The topological polar surface area (TPSA) is 21.3 Å². The summed E-state index contributed by atoms with van der Waals surface area (Å²) in [6, 6.07) is 5.16. The van der Waals surface area contributed by atoms with Crippen LogP contribution in [-0.4, -0.2) is 20.2 Å². The van der Waals surface area contributed by atoms with Gasteiger partial charge in [-0.3, -0.25) is 0 Å². The van der Waals surface area contributed by atoms with Crippen LogP contribution in [0.25, 0.3) is 6.08 Å². The molecule has 2 nitrogen and oxygen atoms in total. The molecule has 0 aromatic heterocycles. The van der Waals surface area contributed by atoms with Crippen molar-refractivity contribution in [3.8, 4) is 5.75 Å². The zero-order valence-corrected chi connectivity index (χ0v) is 11.4.